The standard InChI is InChI=1S/C23H28ClN3O4S/c1-4-16(2)25-23(29)17(3)26(13-19-7-5-6-8-21(19)24)22(28)15-32-14-18-9-11-20(12-10-18)27(30)31/h5-12,16-17H,4,13-15H2,1-3H3,(H,25,29). The van der Waals surface area contributed by atoms with Gasteiger partial charge in [0.05, 0.1) is 10.7 Å². The maximum atomic E-state index is 13.1. The highest BCUT2D eigenvalue weighted by Crippen LogP contribution is 2.21. The molecule has 0 saturated heterocycles. The van der Waals surface area contributed by atoms with Gasteiger partial charge in [-0.15, -0.1) is 11.8 Å². The molecule has 172 valence electrons. The number of nitro groups is 1. The van der Waals surface area contributed by atoms with E-state index < -0.39 is 11.0 Å². The summed E-state index contributed by atoms with van der Waals surface area (Å²) in [5.74, 6) is 0.309. The molecule has 0 aliphatic heterocycles. The van der Waals surface area contributed by atoms with Crippen molar-refractivity contribution in [3.63, 3.8) is 0 Å². The topological polar surface area (TPSA) is 92.6 Å². The van der Waals surface area contributed by atoms with Gasteiger partial charge in [0.1, 0.15) is 6.04 Å². The maximum Gasteiger partial charge on any atom is 0.269 e. The molecule has 2 amide bonds. The first kappa shape index (κ1) is 25.7. The fourth-order valence-corrected chi connectivity index (χ4v) is 3.98. The van der Waals surface area contributed by atoms with Crippen LogP contribution in [0.5, 0.6) is 0 Å². The van der Waals surface area contributed by atoms with Gasteiger partial charge in [-0.05, 0) is 37.5 Å². The van der Waals surface area contributed by atoms with Crippen LogP contribution in [0.4, 0.5) is 5.69 Å². The van der Waals surface area contributed by atoms with Crippen molar-refractivity contribution in [1.29, 1.82) is 0 Å². The van der Waals surface area contributed by atoms with Crippen LogP contribution < -0.4 is 5.32 Å². The Balaban J connectivity index is 2.07. The van der Waals surface area contributed by atoms with Crippen LogP contribution >= 0.6 is 23.4 Å². The number of nitrogens with one attached hydrogen (secondary N) is 1. The molecule has 2 atom stereocenters. The number of thioether (sulfide) groups is 1. The Morgan fingerprint density at radius 3 is 2.41 bits per heavy atom. The van der Waals surface area contributed by atoms with E-state index in [0.717, 1.165) is 17.5 Å². The molecule has 0 heterocycles. The number of non-ortho nitro benzene ring substituents is 1. The van der Waals surface area contributed by atoms with E-state index in [2.05, 4.69) is 5.32 Å². The number of hydrogen-bond donors (Lipinski definition) is 1. The fourth-order valence-electron chi connectivity index (χ4n) is 2.91. The summed E-state index contributed by atoms with van der Waals surface area (Å²) in [5.41, 5.74) is 1.68. The molecule has 2 aromatic carbocycles. The molecule has 0 aliphatic carbocycles. The zero-order valence-corrected chi connectivity index (χ0v) is 20.0. The molecule has 0 fully saturated rings. The van der Waals surface area contributed by atoms with E-state index in [1.54, 1.807) is 30.0 Å². The predicted octanol–water partition coefficient (Wildman–Crippen LogP) is 4.81. The molecule has 2 unspecified atom stereocenters. The number of amides is 2. The average Bonchev–Trinajstić information content (AvgIpc) is 2.78. The average molecular weight is 478 g/mol. The van der Waals surface area contributed by atoms with Gasteiger partial charge < -0.3 is 10.2 Å². The normalized spacial score (nSPS) is 12.6. The Kier molecular flexibility index (Phi) is 9.99. The number of carbonyl (C=O) groups is 2. The molecule has 0 bridgehead atoms. The minimum absolute atomic E-state index is 0.0127. The van der Waals surface area contributed by atoms with Gasteiger partial charge in [0.2, 0.25) is 11.8 Å². The van der Waals surface area contributed by atoms with Gasteiger partial charge in [-0.1, -0.05) is 48.9 Å². The van der Waals surface area contributed by atoms with Crippen molar-refractivity contribution in [3.05, 3.63) is 74.8 Å². The second-order valence-electron chi connectivity index (χ2n) is 7.52. The highest BCUT2D eigenvalue weighted by molar-refractivity contribution is 7.99. The molecule has 0 spiro atoms. The lowest BCUT2D eigenvalue weighted by Gasteiger charge is -2.30. The van der Waals surface area contributed by atoms with E-state index in [1.165, 1.54) is 23.9 Å². The Morgan fingerprint density at radius 2 is 1.81 bits per heavy atom. The Labute approximate surface area is 197 Å². The largest absolute Gasteiger partial charge is 0.352 e. The molecule has 0 radical (unpaired) electrons. The predicted molar refractivity (Wildman–Crippen MR) is 129 cm³/mol. The Hall–Kier alpha value is -2.58. The summed E-state index contributed by atoms with van der Waals surface area (Å²) in [5, 5.41) is 14.3. The molecule has 2 aromatic rings. The highest BCUT2D eigenvalue weighted by atomic mass is 35.5. The van der Waals surface area contributed by atoms with Gasteiger partial charge >= 0.3 is 0 Å². The molecule has 7 nitrogen and oxygen atoms in total. The van der Waals surface area contributed by atoms with Crippen molar-refractivity contribution < 1.29 is 14.5 Å². The van der Waals surface area contributed by atoms with Crippen molar-refractivity contribution in [2.45, 2.75) is 51.6 Å². The summed E-state index contributed by atoms with van der Waals surface area (Å²) < 4.78 is 0. The molecule has 0 aromatic heterocycles. The summed E-state index contributed by atoms with van der Waals surface area (Å²) in [6.07, 6.45) is 0.794. The molecule has 2 rings (SSSR count). The third-order valence-electron chi connectivity index (χ3n) is 5.11. The van der Waals surface area contributed by atoms with Gasteiger partial charge in [-0.3, -0.25) is 19.7 Å². The van der Waals surface area contributed by atoms with Crippen molar-refractivity contribution >= 4 is 40.9 Å². The molecule has 1 N–H and O–H groups in total. The first-order chi connectivity index (χ1) is 15.2. The number of hydrogen-bond acceptors (Lipinski definition) is 5. The van der Waals surface area contributed by atoms with E-state index in [-0.39, 0.29) is 35.8 Å². The lowest BCUT2D eigenvalue weighted by molar-refractivity contribution is -0.384. The third kappa shape index (κ3) is 7.53. The summed E-state index contributed by atoms with van der Waals surface area (Å²) in [4.78, 5) is 37.7. The summed E-state index contributed by atoms with van der Waals surface area (Å²) in [7, 11) is 0. The quantitative estimate of drug-likeness (QED) is 0.370. The molecule has 32 heavy (non-hydrogen) atoms. The van der Waals surface area contributed by atoms with Crippen LogP contribution in [0.25, 0.3) is 0 Å². The minimum atomic E-state index is -0.659. The van der Waals surface area contributed by atoms with E-state index in [1.807, 2.05) is 32.0 Å². The highest BCUT2D eigenvalue weighted by Gasteiger charge is 2.27. The van der Waals surface area contributed by atoms with Gasteiger partial charge in [0, 0.05) is 35.5 Å². The minimum Gasteiger partial charge on any atom is -0.352 e. The van der Waals surface area contributed by atoms with E-state index >= 15 is 0 Å². The zero-order valence-electron chi connectivity index (χ0n) is 18.4. The number of rotatable bonds is 11. The van der Waals surface area contributed by atoms with Gasteiger partial charge in [0.25, 0.3) is 5.69 Å². The number of halogens is 1. The van der Waals surface area contributed by atoms with Crippen LogP contribution in [0.2, 0.25) is 5.02 Å². The van der Waals surface area contributed by atoms with Gasteiger partial charge in [-0.25, -0.2) is 0 Å². The maximum absolute atomic E-state index is 13.1. The smallest absolute Gasteiger partial charge is 0.269 e. The van der Waals surface area contributed by atoms with Crippen LogP contribution in [0.15, 0.2) is 48.5 Å². The van der Waals surface area contributed by atoms with Crippen molar-refractivity contribution in [2.24, 2.45) is 0 Å². The molecule has 9 heteroatoms. The summed E-state index contributed by atoms with van der Waals surface area (Å²) in [6, 6.07) is 12.9. The van der Waals surface area contributed by atoms with Crippen LogP contribution in [-0.2, 0) is 21.9 Å². The van der Waals surface area contributed by atoms with Crippen LogP contribution in [0.1, 0.15) is 38.3 Å². The fraction of sp³-hybridized carbons (Fsp3) is 0.391. The number of nitro benzene ring substituents is 1. The molecule has 0 aliphatic rings. The Morgan fingerprint density at radius 1 is 1.16 bits per heavy atom. The third-order valence-corrected chi connectivity index (χ3v) is 6.47. The van der Waals surface area contributed by atoms with Crippen molar-refractivity contribution in [1.82, 2.24) is 10.2 Å². The molecular formula is C23H28ClN3O4S. The van der Waals surface area contributed by atoms with E-state index in [0.29, 0.717) is 10.8 Å². The zero-order chi connectivity index (χ0) is 23.7. The monoisotopic (exact) mass is 477 g/mol. The SMILES string of the molecule is CCC(C)NC(=O)C(C)N(Cc1ccccc1Cl)C(=O)CSCc1ccc([N+](=O)[O-])cc1. The Bertz CT molecular complexity index is 939. The molecule has 0 saturated carbocycles. The molecular weight excluding hydrogens is 450 g/mol. The lowest BCUT2D eigenvalue weighted by Crippen LogP contribution is -2.50. The van der Waals surface area contributed by atoms with E-state index in [4.69, 9.17) is 11.6 Å². The number of benzene rings is 2. The second kappa shape index (κ2) is 12.5. The van der Waals surface area contributed by atoms with Crippen LogP contribution in [0.3, 0.4) is 0 Å². The summed E-state index contributed by atoms with van der Waals surface area (Å²) >= 11 is 7.69. The first-order valence-corrected chi connectivity index (χ1v) is 11.9. The van der Waals surface area contributed by atoms with E-state index in [9.17, 15) is 19.7 Å². The van der Waals surface area contributed by atoms with Crippen molar-refractivity contribution in [3.8, 4) is 0 Å². The number of carbonyl (C=O) groups excluding carboxylic acids is 2. The van der Waals surface area contributed by atoms with Crippen LogP contribution in [0, 0.1) is 10.1 Å². The van der Waals surface area contributed by atoms with Gasteiger partial charge in [0.15, 0.2) is 0 Å². The summed E-state index contributed by atoms with van der Waals surface area (Å²) in [6.45, 7) is 5.85. The lowest BCUT2D eigenvalue weighted by atomic mass is 10.1. The number of nitrogens with zero attached hydrogens (tertiary/aromatic N) is 2. The van der Waals surface area contributed by atoms with Crippen molar-refractivity contribution in [2.75, 3.05) is 5.75 Å². The first-order valence-electron chi connectivity index (χ1n) is 10.4. The van der Waals surface area contributed by atoms with Gasteiger partial charge in [-0.2, -0.15) is 0 Å². The second-order valence-corrected chi connectivity index (χ2v) is 8.92. The van der Waals surface area contributed by atoms with Crippen LogP contribution in [-0.4, -0.2) is 39.5 Å².